The predicted octanol–water partition coefficient (Wildman–Crippen LogP) is 5.74. The molecule has 1 aromatic carbocycles. The van der Waals surface area contributed by atoms with Crippen LogP contribution in [-0.4, -0.2) is 10.7 Å². The van der Waals surface area contributed by atoms with Gasteiger partial charge in [0.1, 0.15) is 17.1 Å². The molecule has 3 rings (SSSR count). The van der Waals surface area contributed by atoms with E-state index in [4.69, 9.17) is 34.9 Å². The molecule has 2 heteroatoms. The van der Waals surface area contributed by atoms with Gasteiger partial charge < -0.3 is 9.84 Å². The zero-order valence-electron chi connectivity index (χ0n) is 35.1. The van der Waals surface area contributed by atoms with Crippen molar-refractivity contribution in [1.29, 1.82) is 0 Å². The van der Waals surface area contributed by atoms with Crippen LogP contribution in [0.25, 0.3) is 0 Å². The summed E-state index contributed by atoms with van der Waals surface area (Å²) in [5, 5.41) is 11.3. The second-order valence-electron chi connectivity index (χ2n) is 5.12. The summed E-state index contributed by atoms with van der Waals surface area (Å²) in [4.78, 5) is 0. The van der Waals surface area contributed by atoms with Crippen LogP contribution in [0.1, 0.15) is 108 Å². The lowest BCUT2D eigenvalue weighted by molar-refractivity contribution is 0.0107. The first-order valence-electron chi connectivity index (χ1n) is 18.2. The van der Waals surface area contributed by atoms with Crippen molar-refractivity contribution in [2.75, 3.05) is 0 Å². The number of aromatic hydroxyl groups is 1. The number of hydrogen-bond donors (Lipinski definition) is 1. The average molecular weight is 338 g/mol. The molecule has 1 aliphatic carbocycles. The minimum Gasteiger partial charge on any atom is -0.507 e. The molecule has 2 atom stereocenters. The van der Waals surface area contributed by atoms with E-state index < -0.39 is 117 Å². The zero-order valence-corrected chi connectivity index (χ0v) is 12.1. The number of phenols is 1. The van der Waals surface area contributed by atoms with E-state index in [0.717, 1.165) is 0 Å². The van der Waals surface area contributed by atoms with Crippen molar-refractivity contribution >= 4 is 0 Å². The van der Waals surface area contributed by atoms with Crippen molar-refractivity contribution in [2.24, 2.45) is 5.89 Å². The molecule has 1 aromatic rings. The van der Waals surface area contributed by atoms with Crippen LogP contribution in [-0.2, 0) is 6.37 Å². The van der Waals surface area contributed by atoms with Gasteiger partial charge in [-0.1, -0.05) is 31.2 Å². The van der Waals surface area contributed by atoms with Crippen LogP contribution in [0.15, 0.2) is 23.7 Å². The molecule has 1 heterocycles. The van der Waals surface area contributed by atoms with Gasteiger partial charge in [0.25, 0.3) is 0 Å². The highest BCUT2D eigenvalue weighted by Gasteiger charge is 2.45. The van der Waals surface area contributed by atoms with Crippen LogP contribution in [0, 0.1) is 5.89 Å². The summed E-state index contributed by atoms with van der Waals surface area (Å²) in [6.07, 6.45) is -20.9. The highest BCUT2D eigenvalue weighted by Crippen LogP contribution is 2.53. The predicted molar refractivity (Wildman–Crippen MR) is 95.3 cm³/mol. The van der Waals surface area contributed by atoms with Crippen LogP contribution in [0.5, 0.6) is 11.5 Å². The van der Waals surface area contributed by atoms with Gasteiger partial charge in [-0.25, -0.2) is 0 Å². The summed E-state index contributed by atoms with van der Waals surface area (Å²) in [5.41, 5.74) is -6.79. The van der Waals surface area contributed by atoms with Crippen LogP contribution in [0.4, 0.5) is 0 Å². The third kappa shape index (κ3) is 3.13. The number of phenolic OH excluding ortho intramolecular Hbond substituents is 1. The van der Waals surface area contributed by atoms with Gasteiger partial charge in [-0.15, -0.1) is 0 Å². The van der Waals surface area contributed by atoms with Crippen molar-refractivity contribution in [3.8, 4) is 11.5 Å². The summed E-state index contributed by atoms with van der Waals surface area (Å²) < 4.78 is 195. The van der Waals surface area contributed by atoms with E-state index >= 15 is 0 Å². The minimum absolute atomic E-state index is 0.149. The maximum absolute atomic E-state index is 11.3. The molecule has 126 valence electrons. The summed E-state index contributed by atoms with van der Waals surface area (Å²) in [6.45, 7) is -10.7. The standard InChI is InChI=1S/C21H30O2/c1-5-6-7-8-15-12-18(22)20-16-11-14(2)9-10-17(16)21(3,4)23-19(20)13-15/h11-13,16-17,22H,5-10H2,1-4H3/t16-,17-/m1/s1/i1D3,3D3,4D3,5D2,6D2,7D2,8D2,10D2,11D,12D,13D,17D. The van der Waals surface area contributed by atoms with Crippen molar-refractivity contribution in [1.82, 2.24) is 0 Å². The Kier molecular flexibility index (Phi) is 1.14. The summed E-state index contributed by atoms with van der Waals surface area (Å²) in [6, 6.07) is -3.90. The average Bonchev–Trinajstić information content (AvgIpc) is 2.82. The van der Waals surface area contributed by atoms with Crippen LogP contribution < -0.4 is 4.74 Å². The van der Waals surface area contributed by atoms with Gasteiger partial charge >= 0.3 is 0 Å². The molecular formula is C21H30O2. The molecule has 0 saturated heterocycles. The SMILES string of the molecule is [2H]C1=C(C)CC([2H])([2H])[C@]2([2H])[C@@H]1c1c(O)c([2H])c(C([2H])([2H])C([2H])([2H])C([2H])([2H])C([2H])([2H])C([2H])([2H])[2H])c([2H])c1OC2(C([2H])([2H])[2H])C([2H])([2H])[2H]. The van der Waals surface area contributed by atoms with E-state index in [0.29, 0.717) is 0 Å². The lowest BCUT2D eigenvalue weighted by Gasteiger charge is -2.46. The Bertz CT molecular complexity index is 1450. The lowest BCUT2D eigenvalue weighted by atomic mass is 9.68. The summed E-state index contributed by atoms with van der Waals surface area (Å²) >= 11 is 0. The van der Waals surface area contributed by atoms with Crippen molar-refractivity contribution in [3.05, 3.63) is 34.8 Å². The van der Waals surface area contributed by atoms with Gasteiger partial charge in [0, 0.05) is 44.8 Å². The maximum atomic E-state index is 11.3. The largest absolute Gasteiger partial charge is 0.507 e. The molecule has 0 unspecified atom stereocenters. The van der Waals surface area contributed by atoms with Crippen molar-refractivity contribution in [3.63, 3.8) is 0 Å². The number of hydrogen-bond acceptors (Lipinski definition) is 2. The van der Waals surface area contributed by atoms with Gasteiger partial charge in [0.15, 0.2) is 0 Å². The number of ether oxygens (including phenoxy) is 1. The first kappa shape index (κ1) is 4.20. The molecule has 2 aliphatic rings. The Morgan fingerprint density at radius 1 is 1.52 bits per heavy atom. The smallest absolute Gasteiger partial charge is 0.127 e. The fourth-order valence-electron chi connectivity index (χ4n) is 2.49. The number of allylic oxidation sites excluding steroid dienone is 2. The van der Waals surface area contributed by atoms with E-state index in [1.807, 2.05) is 0 Å². The Balaban J connectivity index is 2.61. The second kappa shape index (κ2) is 6.22. The molecule has 0 bridgehead atoms. The number of fused-ring (bicyclic) bond motifs is 3. The van der Waals surface area contributed by atoms with E-state index in [1.54, 1.807) is 0 Å². The van der Waals surface area contributed by atoms with E-state index in [-0.39, 0.29) is 5.57 Å². The van der Waals surface area contributed by atoms with Crippen LogP contribution in [0.2, 0.25) is 0 Å². The molecule has 1 N–H and O–H groups in total. The van der Waals surface area contributed by atoms with Gasteiger partial charge in [-0.3, -0.25) is 0 Å². The highest BCUT2D eigenvalue weighted by atomic mass is 16.5. The number of rotatable bonds is 4. The molecule has 0 fully saturated rings. The van der Waals surface area contributed by atoms with Crippen molar-refractivity contribution < 1.29 is 41.4 Å². The molecule has 0 aromatic heterocycles. The first-order valence-corrected chi connectivity index (χ1v) is 6.70. The zero-order chi connectivity index (χ0) is 36.6. The third-order valence-electron chi connectivity index (χ3n) is 3.44. The first-order chi connectivity index (χ1) is 20.0. The fourth-order valence-corrected chi connectivity index (χ4v) is 2.49. The second-order valence-corrected chi connectivity index (χ2v) is 5.12. The van der Waals surface area contributed by atoms with Gasteiger partial charge in [-0.2, -0.15) is 0 Å². The molecule has 23 heavy (non-hydrogen) atoms. The van der Waals surface area contributed by atoms with Gasteiger partial charge in [0.2, 0.25) is 0 Å². The summed E-state index contributed by atoms with van der Waals surface area (Å²) in [7, 11) is 0. The highest BCUT2D eigenvalue weighted by molar-refractivity contribution is 5.53. The van der Waals surface area contributed by atoms with Crippen LogP contribution >= 0.6 is 0 Å². The molecule has 1 aliphatic heterocycles. The fraction of sp³-hybridized carbons (Fsp3) is 0.619. The molecule has 0 saturated carbocycles. The summed E-state index contributed by atoms with van der Waals surface area (Å²) in [5.74, 6) is -8.83. The Morgan fingerprint density at radius 2 is 2.39 bits per heavy atom. The lowest BCUT2D eigenvalue weighted by Crippen LogP contribution is -2.45. The third-order valence-corrected chi connectivity index (χ3v) is 3.44. The molecule has 2 nitrogen and oxygen atoms in total. The monoisotopic (exact) mass is 337 g/mol. The molecule has 0 spiro atoms. The maximum Gasteiger partial charge on any atom is 0.127 e. The molecular weight excluding hydrogens is 284 g/mol. The van der Waals surface area contributed by atoms with Crippen LogP contribution in [0.3, 0.4) is 0 Å². The molecule has 0 amide bonds. The number of benzene rings is 1. The Hall–Kier alpha value is -1.44. The van der Waals surface area contributed by atoms with E-state index in [9.17, 15) is 6.48 Å². The van der Waals surface area contributed by atoms with Gasteiger partial charge in [0.05, 0.1) is 4.11 Å². The Labute approximate surface area is 172 Å². The van der Waals surface area contributed by atoms with E-state index in [1.165, 1.54) is 6.92 Å². The normalized spacial score (nSPS) is 49.8. The molecule has 0 radical (unpaired) electrons. The topological polar surface area (TPSA) is 29.5 Å². The van der Waals surface area contributed by atoms with Crippen molar-refractivity contribution in [2.45, 2.75) is 77.3 Å². The van der Waals surface area contributed by atoms with E-state index in [2.05, 4.69) is 0 Å². The minimum atomic E-state index is -4.32. The quantitative estimate of drug-likeness (QED) is 0.710. The Morgan fingerprint density at radius 3 is 3.17 bits per heavy atom. The van der Waals surface area contributed by atoms with Gasteiger partial charge in [-0.05, 0) is 63.8 Å².